The second-order valence-electron chi connectivity index (χ2n) is 8.21. The van der Waals surface area contributed by atoms with Crippen LogP contribution in [-0.4, -0.2) is 73.1 Å². The Hall–Kier alpha value is -3.92. The zero-order valence-corrected chi connectivity index (χ0v) is 19.2. The zero-order chi connectivity index (χ0) is 24.1. The Morgan fingerprint density at radius 1 is 1.21 bits per heavy atom. The van der Waals surface area contributed by atoms with Gasteiger partial charge >= 0.3 is 0 Å². The third-order valence-electron chi connectivity index (χ3n) is 6.14. The number of benzene rings is 2. The van der Waals surface area contributed by atoms with Crippen LogP contribution in [0.2, 0.25) is 0 Å². The molecule has 0 radical (unpaired) electrons. The number of hydrazone groups is 1. The number of amides is 2. The van der Waals surface area contributed by atoms with Gasteiger partial charge in [0.05, 0.1) is 30.1 Å². The minimum atomic E-state index is -0.361. The van der Waals surface area contributed by atoms with Crippen molar-refractivity contribution in [1.29, 1.82) is 5.41 Å². The fourth-order valence-corrected chi connectivity index (χ4v) is 4.23. The van der Waals surface area contributed by atoms with Crippen molar-refractivity contribution >= 4 is 35.6 Å². The van der Waals surface area contributed by atoms with Crippen molar-refractivity contribution in [2.24, 2.45) is 5.10 Å². The van der Waals surface area contributed by atoms with E-state index in [4.69, 9.17) is 10.1 Å². The Balaban J connectivity index is 1.47. The third kappa shape index (κ3) is 4.86. The number of hydrogen-bond acceptors (Lipinski definition) is 8. The highest BCUT2D eigenvalue weighted by Crippen LogP contribution is 2.27. The van der Waals surface area contributed by atoms with E-state index in [0.717, 1.165) is 24.9 Å². The molecule has 0 bridgehead atoms. The van der Waals surface area contributed by atoms with Crippen LogP contribution in [-0.2, 0) is 0 Å². The highest BCUT2D eigenvalue weighted by atomic mass is 16.5. The summed E-state index contributed by atoms with van der Waals surface area (Å²) in [6.07, 6.45) is 2.78. The summed E-state index contributed by atoms with van der Waals surface area (Å²) in [6.45, 7) is 3.87. The minimum Gasteiger partial charge on any atom is -0.497 e. The van der Waals surface area contributed by atoms with Gasteiger partial charge in [0.15, 0.2) is 6.29 Å². The molecule has 2 heterocycles. The van der Waals surface area contributed by atoms with Crippen molar-refractivity contribution in [3.8, 4) is 5.75 Å². The Morgan fingerprint density at radius 3 is 2.82 bits per heavy atom. The largest absolute Gasteiger partial charge is 0.497 e. The van der Waals surface area contributed by atoms with Crippen LogP contribution in [0.3, 0.4) is 0 Å². The number of nitrogens with one attached hydrogen (secondary N) is 4. The summed E-state index contributed by atoms with van der Waals surface area (Å²) in [5.41, 5.74) is 5.26. The second-order valence-corrected chi connectivity index (χ2v) is 8.21. The molecule has 34 heavy (non-hydrogen) atoms. The summed E-state index contributed by atoms with van der Waals surface area (Å²) < 4.78 is 5.23. The molecule has 178 valence electrons. The van der Waals surface area contributed by atoms with Crippen LogP contribution in [0.25, 0.3) is 0 Å². The zero-order valence-electron chi connectivity index (χ0n) is 19.2. The van der Waals surface area contributed by atoms with Crippen LogP contribution in [0.1, 0.15) is 34.1 Å². The average molecular weight is 464 g/mol. The van der Waals surface area contributed by atoms with Gasteiger partial charge in [-0.05, 0) is 43.7 Å². The van der Waals surface area contributed by atoms with Crippen molar-refractivity contribution in [3.05, 3.63) is 53.6 Å². The van der Waals surface area contributed by atoms with Crippen LogP contribution in [0.4, 0.5) is 11.4 Å². The Bertz CT molecular complexity index is 1100. The Morgan fingerprint density at radius 2 is 2.03 bits per heavy atom. The predicted molar refractivity (Wildman–Crippen MR) is 132 cm³/mol. The highest BCUT2D eigenvalue weighted by Gasteiger charge is 2.32. The first-order chi connectivity index (χ1) is 16.5. The van der Waals surface area contributed by atoms with Gasteiger partial charge < -0.3 is 25.7 Å². The Labute approximate surface area is 198 Å². The molecule has 4 N–H and O–H groups in total. The van der Waals surface area contributed by atoms with Gasteiger partial charge in [-0.3, -0.25) is 19.9 Å². The molecule has 10 nitrogen and oxygen atoms in total. The molecule has 2 unspecified atom stereocenters. The number of methoxy groups -OCH3 is 1. The lowest BCUT2D eigenvalue weighted by atomic mass is 10.1. The summed E-state index contributed by atoms with van der Waals surface area (Å²) in [7, 11) is 1.57. The maximum absolute atomic E-state index is 13.4. The lowest BCUT2D eigenvalue weighted by molar-refractivity contribution is 0.0694. The molecule has 2 aromatic rings. The molecule has 2 amide bonds. The van der Waals surface area contributed by atoms with Gasteiger partial charge in [0.25, 0.3) is 11.8 Å². The molecule has 4 rings (SSSR count). The fraction of sp³-hybridized carbons (Fsp3) is 0.333. The lowest BCUT2D eigenvalue weighted by Crippen LogP contribution is -2.56. The maximum Gasteiger partial charge on any atom is 0.256 e. The van der Waals surface area contributed by atoms with E-state index in [1.165, 1.54) is 6.21 Å². The first-order valence-corrected chi connectivity index (χ1v) is 11.2. The molecular formula is C24H29N7O3. The van der Waals surface area contributed by atoms with Crippen LogP contribution in [0.5, 0.6) is 5.75 Å². The number of fused-ring (bicyclic) bond motifs is 1. The molecule has 1 fully saturated rings. The minimum absolute atomic E-state index is 0.0199. The number of rotatable bonds is 6. The third-order valence-corrected chi connectivity index (χ3v) is 6.14. The van der Waals surface area contributed by atoms with Crippen LogP contribution >= 0.6 is 0 Å². The SMILES string of the molecule is COc1ccc2c(c1)C(=O)NC(N1CCC(C)N(C(=O)c3ccccc3N/N=C\C=N)CC1)N2. The fourth-order valence-electron chi connectivity index (χ4n) is 4.23. The summed E-state index contributed by atoms with van der Waals surface area (Å²) >= 11 is 0. The van der Waals surface area contributed by atoms with E-state index in [1.54, 1.807) is 25.3 Å². The van der Waals surface area contributed by atoms with Crippen LogP contribution in [0.15, 0.2) is 47.6 Å². The van der Waals surface area contributed by atoms with Gasteiger partial charge in [-0.1, -0.05) is 12.1 Å². The molecule has 2 atom stereocenters. The molecule has 0 spiro atoms. The van der Waals surface area contributed by atoms with E-state index < -0.39 is 0 Å². The van der Waals surface area contributed by atoms with Crippen LogP contribution in [0, 0.1) is 5.41 Å². The van der Waals surface area contributed by atoms with Gasteiger partial charge in [-0.25, -0.2) is 0 Å². The second kappa shape index (κ2) is 10.3. The molecule has 0 saturated carbocycles. The molecule has 2 aliphatic rings. The van der Waals surface area contributed by atoms with E-state index in [0.29, 0.717) is 35.7 Å². The standard InChI is InChI=1S/C24H29N7O3/c1-16-9-12-30(24-27-20-8-7-17(34-2)15-19(20)22(32)28-24)13-14-31(16)23(33)18-5-3-4-6-21(18)29-26-11-10-25/h3-8,10-11,15-16,24-25,27,29H,9,12-14H2,1-2H3,(H,28,32)/b25-10?,26-11-. The van der Waals surface area contributed by atoms with Crippen molar-refractivity contribution in [2.75, 3.05) is 37.5 Å². The van der Waals surface area contributed by atoms with E-state index in [9.17, 15) is 9.59 Å². The molecule has 0 aromatic heterocycles. The lowest BCUT2D eigenvalue weighted by Gasteiger charge is -2.36. The topological polar surface area (TPSA) is 122 Å². The number of carbonyl (C=O) groups is 2. The molecule has 2 aromatic carbocycles. The van der Waals surface area contributed by atoms with Crippen molar-refractivity contribution < 1.29 is 14.3 Å². The molecule has 10 heteroatoms. The highest BCUT2D eigenvalue weighted by molar-refractivity contribution is 6.14. The van der Waals surface area contributed by atoms with E-state index >= 15 is 0 Å². The summed E-state index contributed by atoms with van der Waals surface area (Å²) in [5, 5.41) is 17.4. The Kier molecular flexibility index (Phi) is 7.07. The first-order valence-electron chi connectivity index (χ1n) is 11.2. The van der Waals surface area contributed by atoms with Crippen molar-refractivity contribution in [2.45, 2.75) is 25.7 Å². The van der Waals surface area contributed by atoms with Gasteiger partial charge in [0.2, 0.25) is 0 Å². The number of nitrogens with zero attached hydrogens (tertiary/aromatic N) is 3. The van der Waals surface area contributed by atoms with Gasteiger partial charge in [0.1, 0.15) is 5.75 Å². The smallest absolute Gasteiger partial charge is 0.256 e. The first kappa shape index (κ1) is 23.2. The monoisotopic (exact) mass is 463 g/mol. The maximum atomic E-state index is 13.4. The summed E-state index contributed by atoms with van der Waals surface area (Å²) in [6, 6.07) is 12.6. The molecule has 2 aliphatic heterocycles. The number of ether oxygens (including phenoxy) is 1. The molecular weight excluding hydrogens is 434 g/mol. The quantitative estimate of drug-likeness (QED) is 0.386. The van der Waals surface area contributed by atoms with Crippen molar-refractivity contribution in [1.82, 2.24) is 15.1 Å². The van der Waals surface area contributed by atoms with E-state index in [2.05, 4.69) is 26.1 Å². The normalized spacial score (nSPS) is 20.6. The average Bonchev–Trinajstić information content (AvgIpc) is 3.05. The number of hydrogen-bond donors (Lipinski definition) is 4. The summed E-state index contributed by atoms with van der Waals surface area (Å²) in [4.78, 5) is 30.2. The van der Waals surface area contributed by atoms with Gasteiger partial charge in [-0.2, -0.15) is 5.10 Å². The van der Waals surface area contributed by atoms with Gasteiger partial charge in [0, 0.05) is 37.6 Å². The predicted octanol–water partition coefficient (Wildman–Crippen LogP) is 2.42. The molecule has 1 saturated heterocycles. The van der Waals surface area contributed by atoms with E-state index in [1.807, 2.05) is 36.1 Å². The van der Waals surface area contributed by atoms with Crippen molar-refractivity contribution in [3.63, 3.8) is 0 Å². The van der Waals surface area contributed by atoms with Crippen LogP contribution < -0.4 is 20.8 Å². The number of para-hydroxylation sites is 1. The summed E-state index contributed by atoms with van der Waals surface area (Å²) in [5.74, 6) is 0.388. The van der Waals surface area contributed by atoms with Gasteiger partial charge in [-0.15, -0.1) is 0 Å². The number of anilines is 2. The number of carbonyl (C=O) groups excluding carboxylic acids is 2. The molecule has 0 aliphatic carbocycles. The van der Waals surface area contributed by atoms with E-state index in [-0.39, 0.29) is 24.1 Å².